The largest absolute Gasteiger partial charge is 0.493 e. The predicted octanol–water partition coefficient (Wildman–Crippen LogP) is 3.14. The summed E-state index contributed by atoms with van der Waals surface area (Å²) in [5.41, 5.74) is 1.34. The predicted molar refractivity (Wildman–Crippen MR) is 108 cm³/mol. The summed E-state index contributed by atoms with van der Waals surface area (Å²) in [6.45, 7) is 1.82. The van der Waals surface area contributed by atoms with Crippen molar-refractivity contribution in [2.45, 2.75) is 6.92 Å². The van der Waals surface area contributed by atoms with Gasteiger partial charge in [0, 0.05) is 18.5 Å². The number of carbonyl (C=O) groups is 1. The number of imidazole rings is 1. The van der Waals surface area contributed by atoms with Crippen LogP contribution in [0.4, 0.5) is 5.69 Å². The molecule has 0 bridgehead atoms. The lowest BCUT2D eigenvalue weighted by Gasteiger charge is -2.09. The standard InChI is InChI=1S/C21H19N5O3/c1-15-23-10-11-26(15)20-7-5-17(14-24-20)25-21(27)8-4-16-3-6-18(29-12-9-22)19(13-16)28-2/h3-8,10-11,13-14H,12H2,1-2H3,(H,25,27)/b8-4+. The van der Waals surface area contributed by atoms with Crippen molar-refractivity contribution in [1.82, 2.24) is 14.5 Å². The number of nitriles is 1. The van der Waals surface area contributed by atoms with Gasteiger partial charge < -0.3 is 14.8 Å². The van der Waals surface area contributed by atoms with Crippen LogP contribution < -0.4 is 14.8 Å². The van der Waals surface area contributed by atoms with Crippen LogP contribution in [-0.4, -0.2) is 34.2 Å². The van der Waals surface area contributed by atoms with Crippen LogP contribution in [0.25, 0.3) is 11.9 Å². The maximum atomic E-state index is 12.2. The molecule has 146 valence electrons. The van der Waals surface area contributed by atoms with E-state index in [4.69, 9.17) is 14.7 Å². The molecule has 0 unspecified atom stereocenters. The number of amides is 1. The van der Waals surface area contributed by atoms with E-state index in [9.17, 15) is 4.79 Å². The van der Waals surface area contributed by atoms with E-state index in [1.807, 2.05) is 23.8 Å². The summed E-state index contributed by atoms with van der Waals surface area (Å²) in [4.78, 5) is 20.7. The summed E-state index contributed by atoms with van der Waals surface area (Å²) in [6.07, 6.45) is 8.18. The zero-order chi connectivity index (χ0) is 20.6. The zero-order valence-electron chi connectivity index (χ0n) is 16.0. The minimum Gasteiger partial charge on any atom is -0.493 e. The third kappa shape index (κ3) is 4.99. The number of hydrogen-bond donors (Lipinski definition) is 1. The molecule has 0 spiro atoms. The molecule has 0 aliphatic heterocycles. The number of nitrogens with zero attached hydrogens (tertiary/aromatic N) is 4. The number of aryl methyl sites for hydroxylation is 1. The van der Waals surface area contributed by atoms with E-state index in [2.05, 4.69) is 15.3 Å². The van der Waals surface area contributed by atoms with E-state index in [-0.39, 0.29) is 12.5 Å². The first kappa shape index (κ1) is 19.6. The molecule has 3 aromatic rings. The van der Waals surface area contributed by atoms with Gasteiger partial charge in [0.25, 0.3) is 0 Å². The maximum Gasteiger partial charge on any atom is 0.248 e. The summed E-state index contributed by atoms with van der Waals surface area (Å²) in [6, 6.07) is 10.7. The molecule has 0 saturated carbocycles. The second-order valence-corrected chi connectivity index (χ2v) is 5.93. The van der Waals surface area contributed by atoms with Crippen LogP contribution in [0.2, 0.25) is 0 Å². The lowest BCUT2D eigenvalue weighted by Crippen LogP contribution is -2.08. The van der Waals surface area contributed by atoms with E-state index < -0.39 is 0 Å². The van der Waals surface area contributed by atoms with E-state index in [0.29, 0.717) is 17.2 Å². The maximum absolute atomic E-state index is 12.2. The molecule has 0 fully saturated rings. The number of carbonyl (C=O) groups excluding carboxylic acids is 1. The second-order valence-electron chi connectivity index (χ2n) is 5.93. The van der Waals surface area contributed by atoms with Gasteiger partial charge in [-0.05, 0) is 42.8 Å². The van der Waals surface area contributed by atoms with Crippen molar-refractivity contribution in [2.75, 3.05) is 19.0 Å². The minimum absolute atomic E-state index is 0.0683. The Morgan fingerprint density at radius 3 is 2.79 bits per heavy atom. The summed E-state index contributed by atoms with van der Waals surface area (Å²) >= 11 is 0. The number of ether oxygens (including phenoxy) is 2. The molecule has 3 rings (SSSR count). The number of benzene rings is 1. The monoisotopic (exact) mass is 389 g/mol. The Morgan fingerprint density at radius 1 is 1.28 bits per heavy atom. The van der Waals surface area contributed by atoms with Crippen molar-refractivity contribution < 1.29 is 14.3 Å². The molecule has 1 N–H and O–H groups in total. The van der Waals surface area contributed by atoms with Crippen LogP contribution >= 0.6 is 0 Å². The van der Waals surface area contributed by atoms with Gasteiger partial charge >= 0.3 is 0 Å². The lowest BCUT2D eigenvalue weighted by atomic mass is 10.2. The average molecular weight is 389 g/mol. The average Bonchev–Trinajstić information content (AvgIpc) is 3.17. The smallest absolute Gasteiger partial charge is 0.248 e. The van der Waals surface area contributed by atoms with Crippen LogP contribution in [0, 0.1) is 18.3 Å². The van der Waals surface area contributed by atoms with Crippen molar-refractivity contribution in [3.63, 3.8) is 0 Å². The van der Waals surface area contributed by atoms with Gasteiger partial charge in [-0.2, -0.15) is 5.26 Å². The van der Waals surface area contributed by atoms with Crippen LogP contribution in [0.15, 0.2) is 55.0 Å². The van der Waals surface area contributed by atoms with Gasteiger partial charge in [-0.3, -0.25) is 9.36 Å². The normalized spacial score (nSPS) is 10.5. The van der Waals surface area contributed by atoms with Gasteiger partial charge in [-0.15, -0.1) is 0 Å². The molecule has 1 amide bonds. The molecular formula is C21H19N5O3. The van der Waals surface area contributed by atoms with Crippen molar-refractivity contribution in [1.29, 1.82) is 5.26 Å². The fraction of sp³-hybridized carbons (Fsp3) is 0.143. The summed E-state index contributed by atoms with van der Waals surface area (Å²) in [5.74, 6) is 2.21. The highest BCUT2D eigenvalue weighted by molar-refractivity contribution is 6.01. The van der Waals surface area contributed by atoms with Gasteiger partial charge in [0.1, 0.15) is 17.7 Å². The van der Waals surface area contributed by atoms with Gasteiger partial charge in [0.05, 0.1) is 19.0 Å². The number of aromatic nitrogens is 3. The zero-order valence-corrected chi connectivity index (χ0v) is 16.0. The number of methoxy groups -OCH3 is 1. The molecule has 8 heteroatoms. The summed E-state index contributed by atoms with van der Waals surface area (Å²) in [7, 11) is 1.51. The molecule has 8 nitrogen and oxygen atoms in total. The Labute approximate surface area is 168 Å². The van der Waals surface area contributed by atoms with E-state index in [0.717, 1.165) is 17.2 Å². The van der Waals surface area contributed by atoms with Crippen molar-refractivity contribution in [2.24, 2.45) is 0 Å². The fourth-order valence-corrected chi connectivity index (χ4v) is 2.60. The molecule has 0 aliphatic rings. The minimum atomic E-state index is -0.290. The van der Waals surface area contributed by atoms with E-state index in [1.165, 1.54) is 13.2 Å². The summed E-state index contributed by atoms with van der Waals surface area (Å²) in [5, 5.41) is 11.4. The van der Waals surface area contributed by atoms with Crippen molar-refractivity contribution >= 4 is 17.7 Å². The first-order valence-electron chi connectivity index (χ1n) is 8.74. The number of rotatable bonds is 7. The molecule has 0 saturated heterocycles. The number of hydrogen-bond acceptors (Lipinski definition) is 6. The number of nitrogens with one attached hydrogen (secondary N) is 1. The molecule has 0 aliphatic carbocycles. The van der Waals surface area contributed by atoms with Gasteiger partial charge in [0.2, 0.25) is 5.91 Å². The topological polar surface area (TPSA) is 102 Å². The molecule has 2 aromatic heterocycles. The Kier molecular flexibility index (Phi) is 6.22. The first-order chi connectivity index (χ1) is 14.1. The van der Waals surface area contributed by atoms with Crippen molar-refractivity contribution in [3.05, 3.63) is 66.4 Å². The molecular weight excluding hydrogens is 370 g/mol. The van der Waals surface area contributed by atoms with Crippen LogP contribution in [0.1, 0.15) is 11.4 Å². The quantitative estimate of drug-likeness (QED) is 0.623. The van der Waals surface area contributed by atoms with Crippen LogP contribution in [0.3, 0.4) is 0 Å². The van der Waals surface area contributed by atoms with Gasteiger partial charge in [-0.25, -0.2) is 9.97 Å². The van der Waals surface area contributed by atoms with Crippen LogP contribution in [-0.2, 0) is 4.79 Å². The third-order valence-corrected chi connectivity index (χ3v) is 4.00. The van der Waals surface area contributed by atoms with E-state index >= 15 is 0 Å². The highest BCUT2D eigenvalue weighted by Gasteiger charge is 2.06. The Bertz CT molecular complexity index is 1060. The van der Waals surface area contributed by atoms with Gasteiger partial charge in [-0.1, -0.05) is 6.07 Å². The summed E-state index contributed by atoms with van der Waals surface area (Å²) < 4.78 is 12.4. The molecule has 2 heterocycles. The Balaban J connectivity index is 1.64. The van der Waals surface area contributed by atoms with Gasteiger partial charge in [0.15, 0.2) is 18.1 Å². The number of anilines is 1. The lowest BCUT2D eigenvalue weighted by molar-refractivity contribution is -0.111. The molecule has 1 aromatic carbocycles. The van der Waals surface area contributed by atoms with Crippen molar-refractivity contribution in [3.8, 4) is 23.4 Å². The highest BCUT2D eigenvalue weighted by Crippen LogP contribution is 2.28. The number of pyridine rings is 1. The Morgan fingerprint density at radius 2 is 2.14 bits per heavy atom. The first-order valence-corrected chi connectivity index (χ1v) is 8.74. The second kappa shape index (κ2) is 9.19. The molecule has 0 radical (unpaired) electrons. The molecule has 0 atom stereocenters. The SMILES string of the molecule is COc1cc(/C=C/C(=O)Nc2ccc(-n3ccnc3C)nc2)ccc1OCC#N. The fourth-order valence-electron chi connectivity index (χ4n) is 2.60. The highest BCUT2D eigenvalue weighted by atomic mass is 16.5. The Hall–Kier alpha value is -4.12. The third-order valence-electron chi connectivity index (χ3n) is 4.00. The van der Waals surface area contributed by atoms with E-state index in [1.54, 1.807) is 48.8 Å². The van der Waals surface area contributed by atoms with Crippen LogP contribution in [0.5, 0.6) is 11.5 Å². The molecule has 29 heavy (non-hydrogen) atoms.